The summed E-state index contributed by atoms with van der Waals surface area (Å²) in [6.07, 6.45) is -2.84. The van der Waals surface area contributed by atoms with Gasteiger partial charge in [-0.2, -0.15) is 0 Å². The number of aromatic nitrogens is 2. The summed E-state index contributed by atoms with van der Waals surface area (Å²) in [6, 6.07) is 28.1. The number of aliphatic hydroxyl groups excluding tert-OH is 2. The number of aromatic amines is 1. The van der Waals surface area contributed by atoms with Gasteiger partial charge in [0.15, 0.2) is 11.8 Å². The predicted octanol–water partition coefficient (Wildman–Crippen LogP) is 1.91. The molecule has 0 aliphatic carbocycles. The molecule has 2 heterocycles. The van der Waals surface area contributed by atoms with Crippen LogP contribution in [0.15, 0.2) is 107 Å². The second-order valence-corrected chi connectivity index (χ2v) is 9.42. The molecule has 5 rings (SSSR count). The van der Waals surface area contributed by atoms with Crippen molar-refractivity contribution >= 4 is 0 Å². The van der Waals surface area contributed by atoms with Crippen LogP contribution in [0, 0.1) is 0 Å². The number of benzene rings is 3. The molecule has 4 aromatic rings. The molecule has 38 heavy (non-hydrogen) atoms. The van der Waals surface area contributed by atoms with Gasteiger partial charge in [-0.25, -0.2) is 4.79 Å². The highest BCUT2D eigenvalue weighted by Crippen LogP contribution is 2.41. The maximum atomic E-state index is 13.1. The molecule has 0 radical (unpaired) electrons. The summed E-state index contributed by atoms with van der Waals surface area (Å²) in [6.45, 7) is 0.715. The molecule has 0 saturated carbocycles. The van der Waals surface area contributed by atoms with Gasteiger partial charge in [-0.3, -0.25) is 14.3 Å². The van der Waals surface area contributed by atoms with Crippen LogP contribution in [0.25, 0.3) is 0 Å². The Bertz CT molecular complexity index is 1400. The minimum Gasteiger partial charge on any atom is -0.466 e. The summed E-state index contributed by atoms with van der Waals surface area (Å²) < 4.78 is 13.2. The SMILES string of the molecule is C[C@@]1(O)[C@@H](O)[C@@H](CO)O[C@H]1n1cc(OC(c2ccccc2)(c2ccccc2)c2ccccc2)c(=O)[nH]c1=O. The lowest BCUT2D eigenvalue weighted by molar-refractivity contribution is -0.0991. The molecule has 196 valence electrons. The van der Waals surface area contributed by atoms with Gasteiger partial charge in [0.1, 0.15) is 17.8 Å². The molecular weight excluding hydrogens is 488 g/mol. The van der Waals surface area contributed by atoms with E-state index in [1.54, 1.807) is 0 Å². The number of nitrogens with zero attached hydrogens (tertiary/aromatic N) is 1. The van der Waals surface area contributed by atoms with Gasteiger partial charge < -0.3 is 24.8 Å². The first-order valence-electron chi connectivity index (χ1n) is 12.2. The number of hydrogen-bond donors (Lipinski definition) is 4. The van der Waals surface area contributed by atoms with E-state index in [-0.39, 0.29) is 5.75 Å². The summed E-state index contributed by atoms with van der Waals surface area (Å²) in [4.78, 5) is 28.2. The Hall–Kier alpha value is -4.02. The first kappa shape index (κ1) is 25.6. The highest BCUT2D eigenvalue weighted by atomic mass is 16.6. The van der Waals surface area contributed by atoms with Gasteiger partial charge in [-0.1, -0.05) is 91.0 Å². The van der Waals surface area contributed by atoms with E-state index in [4.69, 9.17) is 9.47 Å². The first-order valence-corrected chi connectivity index (χ1v) is 12.2. The van der Waals surface area contributed by atoms with Crippen molar-refractivity contribution in [2.75, 3.05) is 6.61 Å². The molecule has 4 N–H and O–H groups in total. The van der Waals surface area contributed by atoms with E-state index in [0.29, 0.717) is 0 Å². The minimum atomic E-state index is -1.94. The molecule has 0 spiro atoms. The van der Waals surface area contributed by atoms with E-state index < -0.39 is 47.5 Å². The maximum Gasteiger partial charge on any atom is 0.330 e. The quantitative estimate of drug-likeness (QED) is 0.276. The van der Waals surface area contributed by atoms with Crippen molar-refractivity contribution < 1.29 is 24.8 Å². The second kappa shape index (κ2) is 10.0. The molecule has 1 aliphatic rings. The Morgan fingerprint density at radius 1 is 0.921 bits per heavy atom. The van der Waals surface area contributed by atoms with Gasteiger partial charge in [0.05, 0.1) is 12.8 Å². The monoisotopic (exact) mass is 516 g/mol. The largest absolute Gasteiger partial charge is 0.466 e. The molecule has 9 nitrogen and oxygen atoms in total. The fourth-order valence-electron chi connectivity index (χ4n) is 4.96. The average Bonchev–Trinajstić information content (AvgIpc) is 3.17. The second-order valence-electron chi connectivity index (χ2n) is 9.42. The normalized spacial score (nSPS) is 23.3. The van der Waals surface area contributed by atoms with Crippen LogP contribution in [0.5, 0.6) is 5.75 Å². The van der Waals surface area contributed by atoms with Crippen LogP contribution in [0.4, 0.5) is 0 Å². The number of hydrogen-bond acceptors (Lipinski definition) is 7. The van der Waals surface area contributed by atoms with Crippen molar-refractivity contribution in [3.63, 3.8) is 0 Å². The third kappa shape index (κ3) is 4.25. The molecule has 0 amide bonds. The fraction of sp³-hybridized carbons (Fsp3) is 0.241. The maximum absolute atomic E-state index is 13.1. The van der Waals surface area contributed by atoms with Crippen molar-refractivity contribution in [1.29, 1.82) is 0 Å². The summed E-state index contributed by atoms with van der Waals surface area (Å²) >= 11 is 0. The summed E-state index contributed by atoms with van der Waals surface area (Å²) in [5.74, 6) is -0.220. The first-order chi connectivity index (χ1) is 18.3. The van der Waals surface area contributed by atoms with Gasteiger partial charge in [0.25, 0.3) is 5.56 Å². The predicted molar refractivity (Wildman–Crippen MR) is 139 cm³/mol. The average molecular weight is 517 g/mol. The van der Waals surface area contributed by atoms with Gasteiger partial charge >= 0.3 is 5.69 Å². The Labute approximate surface area is 218 Å². The smallest absolute Gasteiger partial charge is 0.330 e. The zero-order chi connectivity index (χ0) is 26.9. The number of nitrogens with one attached hydrogen (secondary N) is 1. The summed E-state index contributed by atoms with van der Waals surface area (Å²) in [7, 11) is 0. The number of aliphatic hydroxyl groups is 3. The van der Waals surface area contributed by atoms with Gasteiger partial charge in [-0.15, -0.1) is 0 Å². The van der Waals surface area contributed by atoms with Crippen LogP contribution < -0.4 is 16.0 Å². The Balaban J connectivity index is 1.72. The van der Waals surface area contributed by atoms with Crippen molar-refractivity contribution in [2.24, 2.45) is 0 Å². The lowest BCUT2D eigenvalue weighted by atomic mass is 9.80. The highest BCUT2D eigenvalue weighted by Gasteiger charge is 2.53. The van der Waals surface area contributed by atoms with E-state index in [1.807, 2.05) is 91.0 Å². The Morgan fingerprint density at radius 3 is 1.82 bits per heavy atom. The molecule has 0 bridgehead atoms. The molecule has 0 unspecified atom stereocenters. The topological polar surface area (TPSA) is 134 Å². The van der Waals surface area contributed by atoms with E-state index in [1.165, 1.54) is 6.92 Å². The summed E-state index contributed by atoms with van der Waals surface area (Å²) in [5.41, 5.74) is -2.70. The van der Waals surface area contributed by atoms with E-state index in [0.717, 1.165) is 27.5 Å². The molecule has 1 aliphatic heterocycles. The zero-order valence-electron chi connectivity index (χ0n) is 20.6. The van der Waals surface area contributed by atoms with Gasteiger partial charge in [0, 0.05) is 16.7 Å². The van der Waals surface area contributed by atoms with Crippen LogP contribution in [0.2, 0.25) is 0 Å². The highest BCUT2D eigenvalue weighted by molar-refractivity contribution is 5.48. The molecule has 3 aromatic carbocycles. The third-order valence-electron chi connectivity index (χ3n) is 6.93. The lowest BCUT2D eigenvalue weighted by Crippen LogP contribution is -2.47. The van der Waals surface area contributed by atoms with Crippen molar-refractivity contribution in [2.45, 2.75) is 36.6 Å². The molecule has 1 fully saturated rings. The van der Waals surface area contributed by atoms with E-state index >= 15 is 0 Å². The lowest BCUT2D eigenvalue weighted by Gasteiger charge is -2.36. The number of ether oxygens (including phenoxy) is 2. The van der Waals surface area contributed by atoms with Crippen LogP contribution in [0.3, 0.4) is 0 Å². The molecule has 1 saturated heterocycles. The molecular formula is C29H28N2O7. The van der Waals surface area contributed by atoms with Gasteiger partial charge in [-0.05, 0) is 6.92 Å². The molecule has 9 heteroatoms. The standard InChI is InChI=1S/C29H28N2O7/c1-28(36)24(33)23(18-32)37-26(28)31-17-22(25(34)30-27(31)35)38-29(19-11-5-2-6-12-19,20-13-7-3-8-14-20)21-15-9-4-10-16-21/h2-17,23-24,26,32-33,36H,18H2,1H3,(H,30,34,35)/t23-,24+,26-,28-/m1/s1. The zero-order valence-corrected chi connectivity index (χ0v) is 20.6. The van der Waals surface area contributed by atoms with E-state index in [9.17, 15) is 24.9 Å². The van der Waals surface area contributed by atoms with Crippen LogP contribution in [-0.4, -0.2) is 49.3 Å². The van der Waals surface area contributed by atoms with Crippen LogP contribution in [-0.2, 0) is 10.3 Å². The van der Waals surface area contributed by atoms with Crippen molar-refractivity contribution in [3.8, 4) is 5.75 Å². The molecule has 4 atom stereocenters. The number of H-pyrrole nitrogens is 1. The fourth-order valence-corrected chi connectivity index (χ4v) is 4.96. The van der Waals surface area contributed by atoms with Crippen molar-refractivity contribution in [1.82, 2.24) is 9.55 Å². The van der Waals surface area contributed by atoms with Crippen LogP contribution >= 0.6 is 0 Å². The van der Waals surface area contributed by atoms with Gasteiger partial charge in [0.2, 0.25) is 5.75 Å². The van der Waals surface area contributed by atoms with Crippen LogP contribution in [0.1, 0.15) is 29.8 Å². The van der Waals surface area contributed by atoms with Crippen molar-refractivity contribution in [3.05, 3.63) is 135 Å². The van der Waals surface area contributed by atoms with E-state index in [2.05, 4.69) is 4.98 Å². The molecule has 1 aromatic heterocycles. The Morgan fingerprint density at radius 2 is 1.39 bits per heavy atom. The third-order valence-corrected chi connectivity index (χ3v) is 6.93. The Kier molecular flexibility index (Phi) is 6.77. The number of rotatable bonds is 7. The summed E-state index contributed by atoms with van der Waals surface area (Å²) in [5, 5.41) is 31.0. The minimum absolute atomic E-state index is 0.220.